The number of pyridine rings is 1. The monoisotopic (exact) mass is 266 g/mol. The first kappa shape index (κ1) is 12.6. The minimum atomic E-state index is 0.234. The van der Waals surface area contributed by atoms with Crippen LogP contribution in [0, 0.1) is 6.92 Å². The third-order valence-electron chi connectivity index (χ3n) is 2.70. The Hall–Kier alpha value is -0.900. The number of nitrogens with one attached hydrogen (secondary N) is 1. The van der Waals surface area contributed by atoms with E-state index < -0.39 is 0 Å². The molecular weight excluding hydrogens is 252 g/mol. The van der Waals surface area contributed by atoms with Gasteiger partial charge in [0.1, 0.15) is 0 Å². The number of nitrogens with zero attached hydrogens (tertiary/aromatic N) is 1. The van der Waals surface area contributed by atoms with Gasteiger partial charge in [0.25, 0.3) is 0 Å². The largest absolute Gasteiger partial charge is 0.312 e. The Bertz CT molecular complexity index is 478. The molecule has 0 amide bonds. The van der Waals surface area contributed by atoms with Crippen molar-refractivity contribution >= 4 is 22.9 Å². The van der Waals surface area contributed by atoms with Crippen molar-refractivity contribution < 1.29 is 0 Å². The van der Waals surface area contributed by atoms with Gasteiger partial charge in [-0.2, -0.15) is 0 Å². The maximum Gasteiger partial charge on any atom is 0.0561 e. The van der Waals surface area contributed by atoms with Gasteiger partial charge in [-0.1, -0.05) is 17.7 Å². The third-order valence-corrected chi connectivity index (χ3v) is 4.17. The van der Waals surface area contributed by atoms with Crippen molar-refractivity contribution in [1.82, 2.24) is 10.3 Å². The van der Waals surface area contributed by atoms with E-state index in [1.165, 1.54) is 10.4 Å². The molecule has 1 atom stereocenters. The first-order chi connectivity index (χ1) is 8.20. The quantitative estimate of drug-likeness (QED) is 0.915. The van der Waals surface area contributed by atoms with Gasteiger partial charge in [0, 0.05) is 29.2 Å². The molecule has 0 spiro atoms. The molecule has 1 N–H and O–H groups in total. The molecule has 1 unspecified atom stereocenters. The van der Waals surface area contributed by atoms with Gasteiger partial charge < -0.3 is 5.32 Å². The summed E-state index contributed by atoms with van der Waals surface area (Å²) in [5.41, 5.74) is 2.27. The number of rotatable bonds is 4. The Morgan fingerprint density at radius 2 is 2.24 bits per heavy atom. The summed E-state index contributed by atoms with van der Waals surface area (Å²) in [5, 5.41) is 6.15. The van der Waals surface area contributed by atoms with Crippen LogP contribution in [0.5, 0.6) is 0 Å². The predicted octanol–water partition coefficient (Wildman–Crippen LogP) is 3.61. The average Bonchev–Trinajstić information content (AvgIpc) is 2.75. The molecule has 0 saturated heterocycles. The molecule has 2 heterocycles. The molecule has 0 saturated carbocycles. The van der Waals surface area contributed by atoms with Crippen molar-refractivity contribution in [2.45, 2.75) is 19.4 Å². The molecule has 2 aromatic rings. The first-order valence-corrected chi connectivity index (χ1v) is 6.78. The molecule has 4 heteroatoms. The van der Waals surface area contributed by atoms with Crippen LogP contribution in [-0.2, 0) is 6.42 Å². The first-order valence-electron chi connectivity index (χ1n) is 5.52. The summed E-state index contributed by atoms with van der Waals surface area (Å²) in [6, 6.07) is 6.33. The summed E-state index contributed by atoms with van der Waals surface area (Å²) in [7, 11) is 1.95. The van der Waals surface area contributed by atoms with Crippen molar-refractivity contribution in [1.29, 1.82) is 0 Å². The number of hydrogen-bond donors (Lipinski definition) is 1. The fraction of sp³-hybridized carbons (Fsp3) is 0.308. The van der Waals surface area contributed by atoms with Crippen LogP contribution in [-0.4, -0.2) is 12.0 Å². The van der Waals surface area contributed by atoms with E-state index >= 15 is 0 Å². The molecule has 0 aliphatic carbocycles. The molecule has 0 aliphatic heterocycles. The second-order valence-electron chi connectivity index (χ2n) is 4.01. The van der Waals surface area contributed by atoms with Gasteiger partial charge in [0.05, 0.1) is 5.02 Å². The number of aromatic nitrogens is 1. The van der Waals surface area contributed by atoms with E-state index in [0.717, 1.165) is 17.1 Å². The third kappa shape index (κ3) is 3.06. The van der Waals surface area contributed by atoms with E-state index in [2.05, 4.69) is 22.4 Å². The standard InChI is InChI=1S/C13H15ClN2S/c1-9-3-4-10(16-8-9)7-12(15-2)13-11(14)5-6-17-13/h3-6,8,12,15H,7H2,1-2H3. The number of hydrogen-bond acceptors (Lipinski definition) is 3. The number of aryl methyl sites for hydroxylation is 1. The SMILES string of the molecule is CNC(Cc1ccc(C)cn1)c1sccc1Cl. The Balaban J connectivity index is 2.16. The number of likely N-dealkylation sites (N-methyl/N-ethyl adjacent to an activating group) is 1. The second-order valence-corrected chi connectivity index (χ2v) is 5.36. The van der Waals surface area contributed by atoms with Crippen LogP contribution in [0.3, 0.4) is 0 Å². The van der Waals surface area contributed by atoms with E-state index in [-0.39, 0.29) is 6.04 Å². The lowest BCUT2D eigenvalue weighted by molar-refractivity contribution is 0.594. The van der Waals surface area contributed by atoms with Gasteiger partial charge >= 0.3 is 0 Å². The highest BCUT2D eigenvalue weighted by Gasteiger charge is 2.15. The summed E-state index contributed by atoms with van der Waals surface area (Å²) in [6.07, 6.45) is 2.76. The summed E-state index contributed by atoms with van der Waals surface area (Å²) in [4.78, 5) is 5.60. The molecule has 90 valence electrons. The smallest absolute Gasteiger partial charge is 0.0561 e. The number of thiophene rings is 1. The van der Waals surface area contributed by atoms with Gasteiger partial charge in [-0.15, -0.1) is 11.3 Å². The van der Waals surface area contributed by atoms with E-state index in [1.54, 1.807) is 11.3 Å². The van der Waals surface area contributed by atoms with Crippen LogP contribution < -0.4 is 5.32 Å². The van der Waals surface area contributed by atoms with Gasteiger partial charge in [-0.3, -0.25) is 4.98 Å². The summed E-state index contributed by atoms with van der Waals surface area (Å²) < 4.78 is 0. The van der Waals surface area contributed by atoms with E-state index in [0.29, 0.717) is 0 Å². The minimum Gasteiger partial charge on any atom is -0.312 e. The van der Waals surface area contributed by atoms with Crippen LogP contribution >= 0.6 is 22.9 Å². The fourth-order valence-electron chi connectivity index (χ4n) is 1.71. The zero-order valence-corrected chi connectivity index (χ0v) is 11.5. The van der Waals surface area contributed by atoms with E-state index in [9.17, 15) is 0 Å². The number of halogens is 1. The average molecular weight is 267 g/mol. The molecule has 0 bridgehead atoms. The van der Waals surface area contributed by atoms with E-state index in [4.69, 9.17) is 11.6 Å². The van der Waals surface area contributed by atoms with Crippen molar-refractivity contribution in [3.63, 3.8) is 0 Å². The predicted molar refractivity (Wildman–Crippen MR) is 73.8 cm³/mol. The lowest BCUT2D eigenvalue weighted by atomic mass is 10.1. The van der Waals surface area contributed by atoms with Crippen molar-refractivity contribution in [2.24, 2.45) is 0 Å². The van der Waals surface area contributed by atoms with Crippen molar-refractivity contribution in [3.05, 3.63) is 50.9 Å². The normalized spacial score (nSPS) is 12.6. The lowest BCUT2D eigenvalue weighted by Gasteiger charge is -2.14. The highest BCUT2D eigenvalue weighted by molar-refractivity contribution is 7.10. The Morgan fingerprint density at radius 1 is 1.41 bits per heavy atom. The highest BCUT2D eigenvalue weighted by Crippen LogP contribution is 2.30. The van der Waals surface area contributed by atoms with Crippen molar-refractivity contribution in [3.8, 4) is 0 Å². The maximum absolute atomic E-state index is 6.15. The molecule has 0 radical (unpaired) electrons. The molecule has 2 aromatic heterocycles. The highest BCUT2D eigenvalue weighted by atomic mass is 35.5. The Kier molecular flexibility index (Phi) is 4.15. The summed E-state index contributed by atoms with van der Waals surface area (Å²) >= 11 is 7.84. The topological polar surface area (TPSA) is 24.9 Å². The van der Waals surface area contributed by atoms with Crippen LogP contribution in [0.1, 0.15) is 22.2 Å². The minimum absolute atomic E-state index is 0.234. The molecule has 0 fully saturated rings. The molecule has 0 aromatic carbocycles. The maximum atomic E-state index is 6.15. The molecular formula is C13H15ClN2S. The van der Waals surface area contributed by atoms with Gasteiger partial charge in [-0.05, 0) is 37.0 Å². The van der Waals surface area contributed by atoms with Crippen LogP contribution in [0.25, 0.3) is 0 Å². The summed E-state index contributed by atoms with van der Waals surface area (Å²) in [6.45, 7) is 2.04. The zero-order chi connectivity index (χ0) is 12.3. The van der Waals surface area contributed by atoms with Crippen LogP contribution in [0.2, 0.25) is 5.02 Å². The Labute approximate surface area is 111 Å². The van der Waals surface area contributed by atoms with E-state index in [1.807, 2.05) is 31.6 Å². The van der Waals surface area contributed by atoms with Crippen LogP contribution in [0.4, 0.5) is 0 Å². The lowest BCUT2D eigenvalue weighted by Crippen LogP contribution is -2.18. The molecule has 2 nitrogen and oxygen atoms in total. The second kappa shape index (κ2) is 5.63. The van der Waals surface area contributed by atoms with Crippen LogP contribution in [0.15, 0.2) is 29.8 Å². The fourth-order valence-corrected chi connectivity index (χ4v) is 3.01. The molecule has 2 rings (SSSR count). The molecule has 17 heavy (non-hydrogen) atoms. The zero-order valence-electron chi connectivity index (χ0n) is 9.90. The van der Waals surface area contributed by atoms with Gasteiger partial charge in [0.15, 0.2) is 0 Å². The molecule has 0 aliphatic rings. The Morgan fingerprint density at radius 3 is 2.76 bits per heavy atom. The van der Waals surface area contributed by atoms with Crippen molar-refractivity contribution in [2.75, 3.05) is 7.05 Å². The summed E-state index contributed by atoms with van der Waals surface area (Å²) in [5.74, 6) is 0. The van der Waals surface area contributed by atoms with Gasteiger partial charge in [0.2, 0.25) is 0 Å². The van der Waals surface area contributed by atoms with Gasteiger partial charge in [-0.25, -0.2) is 0 Å².